The molecule has 1 atom stereocenters. The number of carbonyl (C=O) groups is 1. The first-order chi connectivity index (χ1) is 15.5. The maximum Gasteiger partial charge on any atom is 0.259 e. The topological polar surface area (TPSA) is 93.3 Å². The normalized spacial score (nSPS) is 13.7. The van der Waals surface area contributed by atoms with Gasteiger partial charge in [-0.15, -0.1) is 11.3 Å². The predicted molar refractivity (Wildman–Crippen MR) is 129 cm³/mol. The molecule has 0 fully saturated rings. The highest BCUT2D eigenvalue weighted by Gasteiger charge is 2.21. The number of nitrogens with zero attached hydrogens (tertiary/aromatic N) is 1. The summed E-state index contributed by atoms with van der Waals surface area (Å²) in [5.74, 6) is 3.23. The van der Waals surface area contributed by atoms with Gasteiger partial charge in [-0.1, -0.05) is 0 Å². The number of thiophene rings is 1. The number of benzene rings is 1. The Morgan fingerprint density at radius 2 is 2.16 bits per heavy atom. The summed E-state index contributed by atoms with van der Waals surface area (Å²) in [4.78, 5) is 34.7. The summed E-state index contributed by atoms with van der Waals surface area (Å²) >= 11 is 3.23. The lowest BCUT2D eigenvalue weighted by Crippen LogP contribution is -2.27. The number of carbonyl (C=O) groups excluding carboxylic acids is 1. The molecule has 1 aromatic carbocycles. The molecule has 1 aliphatic rings. The van der Waals surface area contributed by atoms with E-state index in [9.17, 15) is 9.59 Å². The van der Waals surface area contributed by atoms with E-state index in [2.05, 4.69) is 15.3 Å². The molecular formula is C23H27N3O4S2. The molecule has 9 heteroatoms. The summed E-state index contributed by atoms with van der Waals surface area (Å²) < 4.78 is 10.7. The number of methoxy groups -OCH3 is 2. The monoisotopic (exact) mass is 473 g/mol. The number of thioether (sulfide) groups is 1. The Kier molecular flexibility index (Phi) is 7.05. The van der Waals surface area contributed by atoms with Crippen molar-refractivity contribution in [3.05, 3.63) is 50.4 Å². The maximum atomic E-state index is 12.5. The van der Waals surface area contributed by atoms with Crippen molar-refractivity contribution in [2.45, 2.75) is 44.4 Å². The van der Waals surface area contributed by atoms with Crippen molar-refractivity contribution in [3.8, 4) is 11.5 Å². The molecule has 32 heavy (non-hydrogen) atoms. The predicted octanol–water partition coefficient (Wildman–Crippen LogP) is 3.99. The second-order valence-corrected chi connectivity index (χ2v) is 9.94. The molecule has 1 amide bonds. The lowest BCUT2D eigenvalue weighted by Gasteiger charge is -2.18. The second-order valence-electron chi connectivity index (χ2n) is 7.75. The van der Waals surface area contributed by atoms with E-state index in [1.54, 1.807) is 43.4 Å². The van der Waals surface area contributed by atoms with Crippen LogP contribution in [-0.2, 0) is 23.4 Å². The minimum absolute atomic E-state index is 0.0329. The van der Waals surface area contributed by atoms with Crippen molar-refractivity contribution in [1.82, 2.24) is 15.3 Å². The number of H-pyrrole nitrogens is 1. The van der Waals surface area contributed by atoms with Crippen molar-refractivity contribution in [2.24, 2.45) is 0 Å². The number of hydrogen-bond donors (Lipinski definition) is 2. The number of fused-ring (bicyclic) bond motifs is 3. The third-order valence-electron chi connectivity index (χ3n) is 5.62. The van der Waals surface area contributed by atoms with Gasteiger partial charge in [0.25, 0.3) is 5.56 Å². The van der Waals surface area contributed by atoms with Crippen LogP contribution in [0, 0.1) is 0 Å². The smallest absolute Gasteiger partial charge is 0.259 e. The van der Waals surface area contributed by atoms with Gasteiger partial charge in [-0.05, 0) is 43.9 Å². The van der Waals surface area contributed by atoms with Crippen LogP contribution in [0.4, 0.5) is 0 Å². The van der Waals surface area contributed by atoms with E-state index in [0.717, 1.165) is 35.0 Å². The van der Waals surface area contributed by atoms with Gasteiger partial charge in [0.2, 0.25) is 5.91 Å². The fourth-order valence-corrected chi connectivity index (χ4v) is 6.10. The second kappa shape index (κ2) is 9.95. The summed E-state index contributed by atoms with van der Waals surface area (Å²) in [7, 11) is 3.20. The molecule has 0 spiro atoms. The average molecular weight is 474 g/mol. The van der Waals surface area contributed by atoms with Crippen LogP contribution >= 0.6 is 23.1 Å². The fourth-order valence-electron chi connectivity index (χ4n) is 4.02. The third kappa shape index (κ3) is 4.78. The van der Waals surface area contributed by atoms with Crippen molar-refractivity contribution < 1.29 is 14.3 Å². The molecule has 1 unspecified atom stereocenters. The number of nitrogens with one attached hydrogen (secondary N) is 2. The van der Waals surface area contributed by atoms with Gasteiger partial charge in [0.15, 0.2) is 0 Å². The first kappa shape index (κ1) is 22.7. The first-order valence-electron chi connectivity index (χ1n) is 10.6. The van der Waals surface area contributed by atoms with Gasteiger partial charge in [0, 0.05) is 28.7 Å². The first-order valence-corrected chi connectivity index (χ1v) is 12.6. The zero-order chi connectivity index (χ0) is 22.7. The van der Waals surface area contributed by atoms with E-state index < -0.39 is 0 Å². The number of aromatic nitrogens is 2. The lowest BCUT2D eigenvalue weighted by molar-refractivity contribution is -0.121. The number of amides is 1. The Balaban J connectivity index is 1.29. The highest BCUT2D eigenvalue weighted by Crippen LogP contribution is 2.34. The SMILES string of the molecule is COc1ccc(C(C)NC(=O)CCSCc2nc3sc4c(c3c(=O)[nH]2)CCC4)c(OC)c1. The summed E-state index contributed by atoms with van der Waals surface area (Å²) in [5.41, 5.74) is 2.05. The minimum atomic E-state index is -0.186. The van der Waals surface area contributed by atoms with Crippen LogP contribution in [0.2, 0.25) is 0 Å². The van der Waals surface area contributed by atoms with Crippen LogP contribution in [0.1, 0.15) is 47.6 Å². The summed E-state index contributed by atoms with van der Waals surface area (Å²) in [6.45, 7) is 1.93. The minimum Gasteiger partial charge on any atom is -0.497 e. The molecule has 2 aromatic heterocycles. The molecule has 2 N–H and O–H groups in total. The van der Waals surface area contributed by atoms with Gasteiger partial charge < -0.3 is 19.8 Å². The highest BCUT2D eigenvalue weighted by atomic mass is 32.2. The van der Waals surface area contributed by atoms with E-state index in [4.69, 9.17) is 9.47 Å². The Hall–Kier alpha value is -2.52. The van der Waals surface area contributed by atoms with Crippen LogP contribution < -0.4 is 20.3 Å². The molecule has 0 radical (unpaired) electrons. The van der Waals surface area contributed by atoms with E-state index in [1.807, 2.05) is 19.1 Å². The standard InChI is InChI=1S/C23H27N3O4S2/c1-13(15-8-7-14(29-2)11-17(15)30-3)24-20(27)9-10-31-12-19-25-22(28)21-16-5-4-6-18(16)32-23(21)26-19/h7-8,11,13H,4-6,9-10,12H2,1-3H3,(H,24,27)(H,25,26,28). The third-order valence-corrected chi connectivity index (χ3v) is 7.78. The largest absolute Gasteiger partial charge is 0.497 e. The van der Waals surface area contributed by atoms with E-state index in [-0.39, 0.29) is 17.5 Å². The zero-order valence-corrected chi connectivity index (χ0v) is 20.1. The number of ether oxygens (including phenoxy) is 2. The highest BCUT2D eigenvalue weighted by molar-refractivity contribution is 7.98. The van der Waals surface area contributed by atoms with Gasteiger partial charge in [-0.3, -0.25) is 9.59 Å². The number of hydrogen-bond acceptors (Lipinski definition) is 7. The molecule has 1 aliphatic carbocycles. The number of aromatic amines is 1. The van der Waals surface area contributed by atoms with Crippen LogP contribution in [0.25, 0.3) is 10.2 Å². The Bertz CT molecular complexity index is 1190. The van der Waals surface area contributed by atoms with Gasteiger partial charge in [-0.2, -0.15) is 11.8 Å². The molecule has 0 bridgehead atoms. The maximum absolute atomic E-state index is 12.5. The molecule has 2 heterocycles. The Morgan fingerprint density at radius 1 is 1.31 bits per heavy atom. The van der Waals surface area contributed by atoms with Crippen LogP contribution in [0.3, 0.4) is 0 Å². The molecule has 7 nitrogen and oxygen atoms in total. The number of rotatable bonds is 9. The molecule has 170 valence electrons. The average Bonchev–Trinajstić information content (AvgIpc) is 3.37. The van der Waals surface area contributed by atoms with Crippen molar-refractivity contribution >= 4 is 39.2 Å². The van der Waals surface area contributed by atoms with Gasteiger partial charge >= 0.3 is 0 Å². The molecule has 0 saturated carbocycles. The lowest BCUT2D eigenvalue weighted by atomic mass is 10.1. The van der Waals surface area contributed by atoms with Gasteiger partial charge in [0.05, 0.1) is 31.4 Å². The van der Waals surface area contributed by atoms with Crippen molar-refractivity contribution in [1.29, 1.82) is 0 Å². The summed E-state index contributed by atoms with van der Waals surface area (Å²) in [6, 6.07) is 5.37. The van der Waals surface area contributed by atoms with E-state index in [0.29, 0.717) is 35.2 Å². The molecular weight excluding hydrogens is 446 g/mol. The Morgan fingerprint density at radius 3 is 2.94 bits per heavy atom. The molecule has 0 aliphatic heterocycles. The molecule has 0 saturated heterocycles. The quantitative estimate of drug-likeness (QED) is 0.457. The van der Waals surface area contributed by atoms with E-state index >= 15 is 0 Å². The zero-order valence-electron chi connectivity index (χ0n) is 18.4. The van der Waals surface area contributed by atoms with Crippen LogP contribution in [0.15, 0.2) is 23.0 Å². The molecule has 4 rings (SSSR count). The van der Waals surface area contributed by atoms with Gasteiger partial charge in [0.1, 0.15) is 22.2 Å². The van der Waals surface area contributed by atoms with Crippen molar-refractivity contribution in [3.63, 3.8) is 0 Å². The molecule has 3 aromatic rings. The van der Waals surface area contributed by atoms with E-state index in [1.165, 1.54) is 10.4 Å². The Labute approximate surface area is 194 Å². The summed E-state index contributed by atoms with van der Waals surface area (Å²) in [6.07, 6.45) is 3.53. The summed E-state index contributed by atoms with van der Waals surface area (Å²) in [5, 5.41) is 3.79. The van der Waals surface area contributed by atoms with Crippen molar-refractivity contribution in [2.75, 3.05) is 20.0 Å². The van der Waals surface area contributed by atoms with Crippen LogP contribution in [0.5, 0.6) is 11.5 Å². The van der Waals surface area contributed by atoms with Gasteiger partial charge in [-0.25, -0.2) is 4.98 Å². The van der Waals surface area contributed by atoms with Crippen LogP contribution in [-0.4, -0.2) is 35.8 Å². The number of aryl methyl sites for hydroxylation is 2. The fraction of sp³-hybridized carbons (Fsp3) is 0.435.